The molecule has 106 valence electrons. The van der Waals surface area contributed by atoms with Gasteiger partial charge in [0.05, 0.1) is 6.54 Å². The molecule has 1 amide bonds. The quantitative estimate of drug-likeness (QED) is 0.837. The summed E-state index contributed by atoms with van der Waals surface area (Å²) < 4.78 is 0. The topological polar surface area (TPSA) is 41.1 Å². The number of para-hydroxylation sites is 1. The molecule has 0 saturated heterocycles. The first-order valence-corrected chi connectivity index (χ1v) is 6.71. The fourth-order valence-corrected chi connectivity index (χ4v) is 2.03. The maximum absolute atomic E-state index is 12.0. The van der Waals surface area contributed by atoms with E-state index in [9.17, 15) is 4.79 Å². The third-order valence-electron chi connectivity index (χ3n) is 3.06. The lowest BCUT2D eigenvalue weighted by Gasteiger charge is -2.12. The van der Waals surface area contributed by atoms with Gasteiger partial charge in [-0.1, -0.05) is 55.6 Å². The molecule has 0 spiro atoms. The molecule has 2 rings (SSSR count). The minimum atomic E-state index is -0.108. The monoisotopic (exact) mass is 278 g/mol. The second kappa shape index (κ2) is 7.10. The van der Waals surface area contributed by atoms with Gasteiger partial charge in [-0.05, 0) is 23.8 Å². The van der Waals surface area contributed by atoms with Gasteiger partial charge >= 0.3 is 0 Å². The van der Waals surface area contributed by atoms with Gasteiger partial charge in [-0.3, -0.25) is 4.79 Å². The van der Waals surface area contributed by atoms with Gasteiger partial charge in [0.15, 0.2) is 0 Å². The zero-order valence-corrected chi connectivity index (χ0v) is 11.8. The molecule has 2 N–H and O–H groups in total. The van der Waals surface area contributed by atoms with E-state index in [0.29, 0.717) is 0 Å². The standard InChI is InChI=1S/C18H18N2O/c1-3-14-9-8-12-17(16(14)4-2)20-18(21)13-19-15-10-6-5-7-11-15/h3-12,19H,1-2,13H2,(H,20,21). The second-order valence-corrected chi connectivity index (χ2v) is 4.48. The molecule has 0 atom stereocenters. The van der Waals surface area contributed by atoms with Gasteiger partial charge in [-0.15, -0.1) is 0 Å². The highest BCUT2D eigenvalue weighted by Crippen LogP contribution is 2.22. The smallest absolute Gasteiger partial charge is 0.243 e. The van der Waals surface area contributed by atoms with Crippen molar-refractivity contribution in [1.29, 1.82) is 0 Å². The van der Waals surface area contributed by atoms with E-state index in [4.69, 9.17) is 0 Å². The predicted octanol–water partition coefficient (Wildman–Crippen LogP) is 4.02. The molecule has 0 fully saturated rings. The summed E-state index contributed by atoms with van der Waals surface area (Å²) in [6.45, 7) is 7.76. The molecule has 3 nitrogen and oxygen atoms in total. The molecule has 0 aromatic heterocycles. The number of anilines is 2. The molecule has 0 unspecified atom stereocenters. The maximum Gasteiger partial charge on any atom is 0.243 e. The van der Waals surface area contributed by atoms with Crippen LogP contribution in [0.4, 0.5) is 11.4 Å². The van der Waals surface area contributed by atoms with Crippen molar-refractivity contribution < 1.29 is 4.79 Å². The van der Waals surface area contributed by atoms with Gasteiger partial charge in [-0.2, -0.15) is 0 Å². The minimum Gasteiger partial charge on any atom is -0.376 e. The Morgan fingerprint density at radius 2 is 1.76 bits per heavy atom. The van der Waals surface area contributed by atoms with Crippen LogP contribution in [0.2, 0.25) is 0 Å². The summed E-state index contributed by atoms with van der Waals surface area (Å²) in [5, 5.41) is 5.96. The summed E-state index contributed by atoms with van der Waals surface area (Å²) in [6.07, 6.45) is 3.46. The van der Waals surface area contributed by atoms with Crippen LogP contribution in [0.1, 0.15) is 11.1 Å². The number of nitrogens with one attached hydrogen (secondary N) is 2. The first-order chi connectivity index (χ1) is 10.2. The highest BCUT2D eigenvalue weighted by Gasteiger charge is 2.07. The highest BCUT2D eigenvalue weighted by molar-refractivity contribution is 5.96. The summed E-state index contributed by atoms with van der Waals surface area (Å²) in [7, 11) is 0. The molecule has 0 saturated carbocycles. The Labute approximate surface area is 125 Å². The lowest BCUT2D eigenvalue weighted by atomic mass is 10.1. The van der Waals surface area contributed by atoms with Crippen molar-refractivity contribution in [2.45, 2.75) is 0 Å². The van der Waals surface area contributed by atoms with E-state index in [1.807, 2.05) is 48.5 Å². The van der Waals surface area contributed by atoms with Crippen LogP contribution in [-0.4, -0.2) is 12.5 Å². The van der Waals surface area contributed by atoms with Crippen molar-refractivity contribution in [3.63, 3.8) is 0 Å². The van der Waals surface area contributed by atoms with Gasteiger partial charge < -0.3 is 10.6 Å². The summed E-state index contributed by atoms with van der Waals surface area (Å²) in [5.74, 6) is -0.108. The fourth-order valence-electron chi connectivity index (χ4n) is 2.03. The molecule has 0 aliphatic carbocycles. The number of hydrogen-bond acceptors (Lipinski definition) is 2. The van der Waals surface area contributed by atoms with Crippen LogP contribution in [0.25, 0.3) is 12.2 Å². The average Bonchev–Trinajstić information content (AvgIpc) is 2.53. The molecule has 3 heteroatoms. The van der Waals surface area contributed by atoms with Gasteiger partial charge in [-0.25, -0.2) is 0 Å². The van der Waals surface area contributed by atoms with Crippen LogP contribution in [0.3, 0.4) is 0 Å². The molecule has 0 heterocycles. The number of carbonyl (C=O) groups is 1. The molecule has 2 aromatic carbocycles. The average molecular weight is 278 g/mol. The van der Waals surface area contributed by atoms with Crippen molar-refractivity contribution in [2.24, 2.45) is 0 Å². The molecular weight excluding hydrogens is 260 g/mol. The Morgan fingerprint density at radius 1 is 1.00 bits per heavy atom. The Balaban J connectivity index is 2.03. The van der Waals surface area contributed by atoms with Crippen LogP contribution in [-0.2, 0) is 4.79 Å². The lowest BCUT2D eigenvalue weighted by Crippen LogP contribution is -2.22. The summed E-state index contributed by atoms with van der Waals surface area (Å²) in [5.41, 5.74) is 3.47. The van der Waals surface area contributed by atoms with E-state index in [1.54, 1.807) is 12.2 Å². The van der Waals surface area contributed by atoms with Crippen molar-refractivity contribution in [3.8, 4) is 0 Å². The third-order valence-corrected chi connectivity index (χ3v) is 3.06. The van der Waals surface area contributed by atoms with Crippen LogP contribution in [0.5, 0.6) is 0 Å². The number of hydrogen-bond donors (Lipinski definition) is 2. The normalized spacial score (nSPS) is 9.71. The molecule has 0 aliphatic rings. The fraction of sp³-hybridized carbons (Fsp3) is 0.0556. The Kier molecular flexibility index (Phi) is 4.94. The molecule has 0 aliphatic heterocycles. The number of benzene rings is 2. The van der Waals surface area contributed by atoms with E-state index in [2.05, 4.69) is 23.8 Å². The van der Waals surface area contributed by atoms with Crippen molar-refractivity contribution >= 4 is 29.4 Å². The van der Waals surface area contributed by atoms with Crippen LogP contribution in [0.15, 0.2) is 61.7 Å². The van der Waals surface area contributed by atoms with Crippen molar-refractivity contribution in [3.05, 3.63) is 72.8 Å². The van der Waals surface area contributed by atoms with Gasteiger partial charge in [0.2, 0.25) is 5.91 Å². The largest absolute Gasteiger partial charge is 0.376 e. The zero-order valence-electron chi connectivity index (χ0n) is 11.8. The zero-order chi connectivity index (χ0) is 15.1. The Morgan fingerprint density at radius 3 is 2.43 bits per heavy atom. The highest BCUT2D eigenvalue weighted by atomic mass is 16.1. The first kappa shape index (κ1) is 14.6. The van der Waals surface area contributed by atoms with Gasteiger partial charge in [0.25, 0.3) is 0 Å². The first-order valence-electron chi connectivity index (χ1n) is 6.71. The lowest BCUT2D eigenvalue weighted by molar-refractivity contribution is -0.114. The SMILES string of the molecule is C=Cc1cccc(NC(=O)CNc2ccccc2)c1C=C. The third kappa shape index (κ3) is 3.83. The van der Waals surface area contributed by atoms with E-state index < -0.39 is 0 Å². The number of carbonyl (C=O) groups excluding carboxylic acids is 1. The van der Waals surface area contributed by atoms with Crippen molar-refractivity contribution in [1.82, 2.24) is 0 Å². The van der Waals surface area contributed by atoms with Gasteiger partial charge in [0.1, 0.15) is 0 Å². The predicted molar refractivity (Wildman–Crippen MR) is 90.2 cm³/mol. The molecule has 21 heavy (non-hydrogen) atoms. The molecule has 0 radical (unpaired) electrons. The number of rotatable bonds is 6. The minimum absolute atomic E-state index is 0.108. The summed E-state index contributed by atoms with van der Waals surface area (Å²) >= 11 is 0. The Bertz CT molecular complexity index is 648. The van der Waals surface area contributed by atoms with Gasteiger partial charge in [0, 0.05) is 16.9 Å². The molecule has 0 bridgehead atoms. The number of amides is 1. The van der Waals surface area contributed by atoms with E-state index in [1.165, 1.54) is 0 Å². The van der Waals surface area contributed by atoms with E-state index in [-0.39, 0.29) is 12.5 Å². The van der Waals surface area contributed by atoms with Crippen LogP contribution in [0, 0.1) is 0 Å². The maximum atomic E-state index is 12.0. The summed E-state index contributed by atoms with van der Waals surface area (Å²) in [4.78, 5) is 12.0. The van der Waals surface area contributed by atoms with Crippen molar-refractivity contribution in [2.75, 3.05) is 17.2 Å². The van der Waals surface area contributed by atoms with E-state index >= 15 is 0 Å². The summed E-state index contributed by atoms with van der Waals surface area (Å²) in [6, 6.07) is 15.3. The molecule has 2 aromatic rings. The molecular formula is C18H18N2O. The van der Waals surface area contributed by atoms with E-state index in [0.717, 1.165) is 22.5 Å². The van der Waals surface area contributed by atoms with Crippen LogP contribution >= 0.6 is 0 Å². The van der Waals surface area contributed by atoms with Crippen LogP contribution < -0.4 is 10.6 Å². The second-order valence-electron chi connectivity index (χ2n) is 4.48. The Hall–Kier alpha value is -2.81.